The van der Waals surface area contributed by atoms with Gasteiger partial charge in [0.2, 0.25) is 0 Å². The number of hydrogen-bond acceptors (Lipinski definition) is 2. The molecule has 0 unspecified atom stereocenters. The number of carbonyl (C=O) groups is 2. The van der Waals surface area contributed by atoms with Gasteiger partial charge in [0.05, 0.1) is 15.7 Å². The van der Waals surface area contributed by atoms with Gasteiger partial charge in [-0.15, -0.1) is 0 Å². The average molecular weight is 365 g/mol. The molecule has 0 saturated heterocycles. The molecule has 0 aromatic heterocycles. The third kappa shape index (κ3) is 4.08. The minimum absolute atomic E-state index is 0.0511. The Labute approximate surface area is 151 Å². The van der Waals surface area contributed by atoms with Crippen LogP contribution in [-0.4, -0.2) is 29.8 Å². The number of halogens is 2. The van der Waals surface area contributed by atoms with E-state index in [9.17, 15) is 9.59 Å². The van der Waals surface area contributed by atoms with Gasteiger partial charge in [-0.2, -0.15) is 0 Å². The topological polar surface area (TPSA) is 49.4 Å². The number of benzene rings is 2. The van der Waals surface area contributed by atoms with Crippen LogP contribution in [0.25, 0.3) is 0 Å². The average Bonchev–Trinajstić information content (AvgIpc) is 2.60. The fourth-order valence-electron chi connectivity index (χ4n) is 2.25. The summed E-state index contributed by atoms with van der Waals surface area (Å²) in [6, 6.07) is 11.5. The van der Waals surface area contributed by atoms with E-state index in [4.69, 9.17) is 23.2 Å². The molecule has 1 N–H and O–H groups in total. The van der Waals surface area contributed by atoms with Crippen molar-refractivity contribution in [3.8, 4) is 0 Å². The van der Waals surface area contributed by atoms with Gasteiger partial charge in [-0.1, -0.05) is 29.3 Å². The highest BCUT2D eigenvalue weighted by atomic mass is 35.5. The molecule has 2 aromatic rings. The zero-order chi connectivity index (χ0) is 17.7. The van der Waals surface area contributed by atoms with Crippen LogP contribution in [0.1, 0.15) is 34.6 Å². The quantitative estimate of drug-likeness (QED) is 0.833. The van der Waals surface area contributed by atoms with Crippen LogP contribution in [-0.2, 0) is 0 Å². The fourth-order valence-corrected chi connectivity index (χ4v) is 2.60. The lowest BCUT2D eigenvalue weighted by Crippen LogP contribution is -2.30. The summed E-state index contributed by atoms with van der Waals surface area (Å²) in [6.07, 6.45) is 0. The minimum atomic E-state index is -0.319. The van der Waals surface area contributed by atoms with E-state index in [1.165, 1.54) is 0 Å². The first-order valence-electron chi connectivity index (χ1n) is 7.62. The van der Waals surface area contributed by atoms with Crippen molar-refractivity contribution < 1.29 is 9.59 Å². The Bertz CT molecular complexity index is 741. The Kier molecular flexibility index (Phi) is 6.23. The minimum Gasteiger partial charge on any atom is -0.339 e. The molecule has 0 fully saturated rings. The van der Waals surface area contributed by atoms with Gasteiger partial charge in [0.25, 0.3) is 11.8 Å². The summed E-state index contributed by atoms with van der Waals surface area (Å²) in [5.41, 5.74) is 1.43. The first-order valence-corrected chi connectivity index (χ1v) is 8.38. The molecule has 2 amide bonds. The van der Waals surface area contributed by atoms with Gasteiger partial charge >= 0.3 is 0 Å². The SMILES string of the molecule is CCN(CC)C(=O)c1ccc(C(=O)Nc2cccc(Cl)c2Cl)cc1. The van der Waals surface area contributed by atoms with Crippen molar-refractivity contribution in [3.05, 3.63) is 63.6 Å². The van der Waals surface area contributed by atoms with E-state index in [0.29, 0.717) is 39.9 Å². The third-order valence-corrected chi connectivity index (χ3v) is 4.46. The summed E-state index contributed by atoms with van der Waals surface area (Å²) in [5, 5.41) is 3.37. The molecule has 6 heteroatoms. The lowest BCUT2D eigenvalue weighted by atomic mass is 10.1. The van der Waals surface area contributed by atoms with Crippen LogP contribution in [0.15, 0.2) is 42.5 Å². The highest BCUT2D eigenvalue weighted by Gasteiger charge is 2.14. The van der Waals surface area contributed by atoms with E-state index in [1.54, 1.807) is 47.4 Å². The van der Waals surface area contributed by atoms with E-state index in [-0.39, 0.29) is 11.8 Å². The smallest absolute Gasteiger partial charge is 0.255 e. The molecule has 0 radical (unpaired) electrons. The van der Waals surface area contributed by atoms with E-state index in [1.807, 2.05) is 13.8 Å². The zero-order valence-electron chi connectivity index (χ0n) is 13.5. The fraction of sp³-hybridized carbons (Fsp3) is 0.222. The second-order valence-electron chi connectivity index (χ2n) is 5.11. The zero-order valence-corrected chi connectivity index (χ0v) is 15.0. The van der Waals surface area contributed by atoms with Crippen LogP contribution in [0.5, 0.6) is 0 Å². The largest absolute Gasteiger partial charge is 0.339 e. The predicted molar refractivity (Wildman–Crippen MR) is 98.1 cm³/mol. The summed E-state index contributed by atoms with van der Waals surface area (Å²) in [5.74, 6) is -0.370. The van der Waals surface area contributed by atoms with E-state index < -0.39 is 0 Å². The molecule has 0 aliphatic heterocycles. The highest BCUT2D eigenvalue weighted by molar-refractivity contribution is 6.44. The lowest BCUT2D eigenvalue weighted by molar-refractivity contribution is 0.0772. The molecule has 0 aliphatic carbocycles. The number of hydrogen-bond donors (Lipinski definition) is 1. The van der Waals surface area contributed by atoms with Gasteiger partial charge in [-0.3, -0.25) is 9.59 Å². The molecule has 0 saturated carbocycles. The first kappa shape index (κ1) is 18.3. The van der Waals surface area contributed by atoms with Crippen LogP contribution >= 0.6 is 23.2 Å². The van der Waals surface area contributed by atoms with E-state index >= 15 is 0 Å². The Balaban J connectivity index is 2.14. The molecular formula is C18H18Cl2N2O2. The predicted octanol–water partition coefficient (Wildman–Crippen LogP) is 4.73. The molecular weight excluding hydrogens is 347 g/mol. The molecule has 0 spiro atoms. The van der Waals surface area contributed by atoms with Gasteiger partial charge in [0.15, 0.2) is 0 Å². The second kappa shape index (κ2) is 8.18. The molecule has 0 heterocycles. The third-order valence-electron chi connectivity index (χ3n) is 3.64. The van der Waals surface area contributed by atoms with Gasteiger partial charge in [-0.25, -0.2) is 0 Å². The van der Waals surface area contributed by atoms with Crippen molar-refractivity contribution in [1.29, 1.82) is 0 Å². The van der Waals surface area contributed by atoms with E-state index in [2.05, 4.69) is 5.32 Å². The highest BCUT2D eigenvalue weighted by Crippen LogP contribution is 2.29. The van der Waals surface area contributed by atoms with Gasteiger partial charge < -0.3 is 10.2 Å². The molecule has 4 nitrogen and oxygen atoms in total. The van der Waals surface area contributed by atoms with Crippen LogP contribution < -0.4 is 5.32 Å². The molecule has 2 rings (SSSR count). The van der Waals surface area contributed by atoms with E-state index in [0.717, 1.165) is 0 Å². The molecule has 2 aromatic carbocycles. The van der Waals surface area contributed by atoms with Gasteiger partial charge in [0, 0.05) is 24.2 Å². The summed E-state index contributed by atoms with van der Waals surface area (Å²) in [6.45, 7) is 5.14. The molecule has 0 bridgehead atoms. The van der Waals surface area contributed by atoms with Crippen LogP contribution in [0, 0.1) is 0 Å². The van der Waals surface area contributed by atoms with Gasteiger partial charge in [-0.05, 0) is 50.2 Å². The first-order chi connectivity index (χ1) is 11.5. The van der Waals surface area contributed by atoms with Crippen molar-refractivity contribution in [1.82, 2.24) is 4.90 Å². The van der Waals surface area contributed by atoms with Crippen molar-refractivity contribution in [2.75, 3.05) is 18.4 Å². The maximum absolute atomic E-state index is 12.3. The number of carbonyl (C=O) groups excluding carboxylic acids is 2. The van der Waals surface area contributed by atoms with Crippen molar-refractivity contribution in [3.63, 3.8) is 0 Å². The number of nitrogens with zero attached hydrogens (tertiary/aromatic N) is 1. The van der Waals surface area contributed by atoms with Crippen LogP contribution in [0.3, 0.4) is 0 Å². The molecule has 0 atom stereocenters. The molecule has 126 valence electrons. The van der Waals surface area contributed by atoms with Gasteiger partial charge in [0.1, 0.15) is 0 Å². The molecule has 24 heavy (non-hydrogen) atoms. The maximum Gasteiger partial charge on any atom is 0.255 e. The normalized spacial score (nSPS) is 10.3. The summed E-state index contributed by atoms with van der Waals surface area (Å²) < 4.78 is 0. The van der Waals surface area contributed by atoms with Crippen molar-refractivity contribution >= 4 is 40.7 Å². The van der Waals surface area contributed by atoms with Crippen molar-refractivity contribution in [2.24, 2.45) is 0 Å². The second-order valence-corrected chi connectivity index (χ2v) is 5.90. The monoisotopic (exact) mass is 364 g/mol. The number of anilines is 1. The van der Waals surface area contributed by atoms with Crippen molar-refractivity contribution in [2.45, 2.75) is 13.8 Å². The lowest BCUT2D eigenvalue weighted by Gasteiger charge is -2.18. The summed E-state index contributed by atoms with van der Waals surface area (Å²) in [7, 11) is 0. The number of amides is 2. The number of rotatable bonds is 5. The van der Waals surface area contributed by atoms with Crippen LogP contribution in [0.2, 0.25) is 10.0 Å². The van der Waals surface area contributed by atoms with Crippen LogP contribution in [0.4, 0.5) is 5.69 Å². The summed E-state index contributed by atoms with van der Waals surface area (Å²) >= 11 is 12.0. The Morgan fingerprint density at radius 2 is 1.54 bits per heavy atom. The Hall–Kier alpha value is -2.04. The molecule has 0 aliphatic rings. The maximum atomic E-state index is 12.3. The standard InChI is InChI=1S/C18H18Cl2N2O2/c1-3-22(4-2)18(24)13-10-8-12(9-11-13)17(23)21-15-7-5-6-14(19)16(15)20/h5-11H,3-4H2,1-2H3,(H,21,23). The Morgan fingerprint density at radius 1 is 0.958 bits per heavy atom. The Morgan fingerprint density at radius 3 is 2.12 bits per heavy atom. The number of nitrogens with one attached hydrogen (secondary N) is 1. The summed E-state index contributed by atoms with van der Waals surface area (Å²) in [4.78, 5) is 26.3.